The van der Waals surface area contributed by atoms with Gasteiger partial charge >= 0.3 is 5.97 Å². The molecule has 2 aromatic heterocycles. The van der Waals surface area contributed by atoms with Crippen LogP contribution < -0.4 is 5.32 Å². The van der Waals surface area contributed by atoms with Crippen molar-refractivity contribution in [2.45, 2.75) is 37.6 Å². The van der Waals surface area contributed by atoms with Crippen molar-refractivity contribution < 1.29 is 14.3 Å². The van der Waals surface area contributed by atoms with Crippen LogP contribution in [0.1, 0.15) is 40.6 Å². The molecular weight excluding hydrogens is 406 g/mol. The van der Waals surface area contributed by atoms with E-state index < -0.39 is 0 Å². The second-order valence-electron chi connectivity index (χ2n) is 6.70. The lowest BCUT2D eigenvalue weighted by Crippen LogP contribution is -2.14. The lowest BCUT2D eigenvalue weighted by atomic mass is 9.97. The van der Waals surface area contributed by atoms with Gasteiger partial charge in [0.05, 0.1) is 17.9 Å². The Morgan fingerprint density at radius 1 is 1.17 bits per heavy atom. The zero-order valence-electron chi connectivity index (χ0n) is 16.1. The summed E-state index contributed by atoms with van der Waals surface area (Å²) < 4.78 is 4.96. The van der Waals surface area contributed by atoms with Crippen molar-refractivity contribution in [1.82, 2.24) is 9.97 Å². The average molecular weight is 428 g/mol. The van der Waals surface area contributed by atoms with Crippen molar-refractivity contribution in [3.8, 4) is 0 Å². The smallest absolute Gasteiger partial charge is 0.338 e. The van der Waals surface area contributed by atoms with Crippen LogP contribution in [0.2, 0.25) is 0 Å². The third-order valence-corrected chi connectivity index (χ3v) is 6.93. The Hall–Kier alpha value is -2.45. The number of ether oxygens (including phenoxy) is 1. The number of thioether (sulfide) groups is 1. The first-order chi connectivity index (χ1) is 14.2. The molecule has 0 saturated carbocycles. The molecular formula is C21H21N3O3S2. The van der Waals surface area contributed by atoms with E-state index in [2.05, 4.69) is 15.3 Å². The molecule has 0 bridgehead atoms. The molecule has 4 rings (SSSR count). The number of rotatable bonds is 6. The van der Waals surface area contributed by atoms with Gasteiger partial charge in [0.25, 0.3) is 0 Å². The SMILES string of the molecule is CCOC(=O)c1ccc(NC(=O)CSc2ncnc3sc4c(c23)CCCC4)cc1. The molecule has 0 aliphatic heterocycles. The van der Waals surface area contributed by atoms with Crippen LogP contribution in [0, 0.1) is 0 Å². The van der Waals surface area contributed by atoms with Crippen LogP contribution >= 0.6 is 23.1 Å². The molecule has 6 nitrogen and oxygen atoms in total. The fourth-order valence-electron chi connectivity index (χ4n) is 3.41. The van der Waals surface area contributed by atoms with Gasteiger partial charge in [-0.25, -0.2) is 14.8 Å². The molecule has 0 fully saturated rings. The third-order valence-electron chi connectivity index (χ3n) is 4.74. The molecule has 0 radical (unpaired) electrons. The number of nitrogens with zero attached hydrogens (tertiary/aromatic N) is 2. The molecule has 0 atom stereocenters. The van der Waals surface area contributed by atoms with E-state index in [0.717, 1.165) is 28.1 Å². The Labute approximate surface area is 177 Å². The van der Waals surface area contributed by atoms with Crippen LogP contribution in [0.3, 0.4) is 0 Å². The number of benzene rings is 1. The summed E-state index contributed by atoms with van der Waals surface area (Å²) in [4.78, 5) is 35.4. The van der Waals surface area contributed by atoms with E-state index in [4.69, 9.17) is 4.74 Å². The van der Waals surface area contributed by atoms with Crippen molar-refractivity contribution in [1.29, 1.82) is 0 Å². The monoisotopic (exact) mass is 427 g/mol. The number of aromatic nitrogens is 2. The number of esters is 1. The maximum absolute atomic E-state index is 12.4. The molecule has 1 N–H and O–H groups in total. The van der Waals surface area contributed by atoms with Gasteiger partial charge in [-0.05, 0) is 62.4 Å². The lowest BCUT2D eigenvalue weighted by Gasteiger charge is -2.11. The van der Waals surface area contributed by atoms with Gasteiger partial charge in [-0.15, -0.1) is 11.3 Å². The maximum Gasteiger partial charge on any atom is 0.338 e. The number of hydrogen-bond donors (Lipinski definition) is 1. The zero-order chi connectivity index (χ0) is 20.2. The van der Waals surface area contributed by atoms with Crippen LogP contribution in [0.5, 0.6) is 0 Å². The van der Waals surface area contributed by atoms with E-state index in [1.54, 1.807) is 48.9 Å². The number of carbonyl (C=O) groups is 2. The van der Waals surface area contributed by atoms with Gasteiger partial charge in [0, 0.05) is 16.0 Å². The summed E-state index contributed by atoms with van der Waals surface area (Å²) in [6.45, 7) is 2.10. The largest absolute Gasteiger partial charge is 0.462 e. The minimum atomic E-state index is -0.368. The van der Waals surface area contributed by atoms with Crippen molar-refractivity contribution in [3.05, 3.63) is 46.6 Å². The van der Waals surface area contributed by atoms with Crippen LogP contribution in [-0.4, -0.2) is 34.2 Å². The molecule has 0 spiro atoms. The summed E-state index contributed by atoms with van der Waals surface area (Å²) >= 11 is 3.19. The molecule has 8 heteroatoms. The average Bonchev–Trinajstić information content (AvgIpc) is 3.12. The zero-order valence-corrected chi connectivity index (χ0v) is 17.7. The van der Waals surface area contributed by atoms with Gasteiger partial charge in [0.2, 0.25) is 5.91 Å². The number of amides is 1. The molecule has 3 aromatic rings. The fraction of sp³-hybridized carbons (Fsp3) is 0.333. The topological polar surface area (TPSA) is 81.2 Å². The van der Waals surface area contributed by atoms with E-state index >= 15 is 0 Å². The van der Waals surface area contributed by atoms with E-state index in [9.17, 15) is 9.59 Å². The molecule has 29 heavy (non-hydrogen) atoms. The quantitative estimate of drug-likeness (QED) is 0.355. The first-order valence-electron chi connectivity index (χ1n) is 9.60. The van der Waals surface area contributed by atoms with Gasteiger partial charge in [-0.1, -0.05) is 11.8 Å². The number of anilines is 1. The van der Waals surface area contributed by atoms with Gasteiger partial charge < -0.3 is 10.1 Å². The van der Waals surface area contributed by atoms with E-state index in [1.165, 1.54) is 35.0 Å². The number of nitrogens with one attached hydrogen (secondary N) is 1. The Balaban J connectivity index is 1.41. The molecule has 1 aromatic carbocycles. The third kappa shape index (κ3) is 4.43. The Bertz CT molecular complexity index is 1050. The van der Waals surface area contributed by atoms with Gasteiger partial charge in [-0.3, -0.25) is 4.79 Å². The van der Waals surface area contributed by atoms with Gasteiger partial charge in [0.1, 0.15) is 16.2 Å². The minimum absolute atomic E-state index is 0.116. The van der Waals surface area contributed by atoms with Crippen molar-refractivity contribution >= 4 is 50.9 Å². The Kier molecular flexibility index (Phi) is 6.10. The molecule has 1 aliphatic carbocycles. The predicted molar refractivity (Wildman–Crippen MR) is 116 cm³/mol. The van der Waals surface area contributed by atoms with Crippen LogP contribution in [0.4, 0.5) is 5.69 Å². The fourth-order valence-corrected chi connectivity index (χ4v) is 5.53. The molecule has 150 valence electrons. The molecule has 2 heterocycles. The summed E-state index contributed by atoms with van der Waals surface area (Å²) in [7, 11) is 0. The van der Waals surface area contributed by atoms with Gasteiger partial charge in [0.15, 0.2) is 0 Å². The number of hydrogen-bond acceptors (Lipinski definition) is 7. The maximum atomic E-state index is 12.4. The highest BCUT2D eigenvalue weighted by Gasteiger charge is 2.20. The number of fused-ring (bicyclic) bond motifs is 3. The summed E-state index contributed by atoms with van der Waals surface area (Å²) in [6, 6.07) is 6.69. The summed E-state index contributed by atoms with van der Waals surface area (Å²) in [6.07, 6.45) is 6.18. The number of thiophene rings is 1. The number of carbonyl (C=O) groups excluding carboxylic acids is 2. The highest BCUT2D eigenvalue weighted by molar-refractivity contribution is 8.00. The van der Waals surface area contributed by atoms with Crippen LogP contribution in [-0.2, 0) is 22.4 Å². The number of aryl methyl sites for hydroxylation is 2. The molecule has 1 amide bonds. The Morgan fingerprint density at radius 3 is 2.76 bits per heavy atom. The minimum Gasteiger partial charge on any atom is -0.462 e. The molecule has 1 aliphatic rings. The predicted octanol–water partition coefficient (Wildman–Crippen LogP) is 4.48. The summed E-state index contributed by atoms with van der Waals surface area (Å²) in [5, 5.41) is 4.87. The van der Waals surface area contributed by atoms with E-state index in [0.29, 0.717) is 17.9 Å². The first kappa shape index (κ1) is 19.8. The normalized spacial score (nSPS) is 13.1. The standard InChI is InChI=1S/C21H21N3O3S2/c1-2-27-21(26)13-7-9-14(10-8-13)24-17(25)11-28-19-18-15-5-3-4-6-16(15)29-20(18)23-12-22-19/h7-10,12H,2-6,11H2,1H3,(H,24,25). The summed E-state index contributed by atoms with van der Waals surface area (Å²) in [5.74, 6) is -0.223. The highest BCUT2D eigenvalue weighted by atomic mass is 32.2. The van der Waals surface area contributed by atoms with Crippen molar-refractivity contribution in [2.75, 3.05) is 17.7 Å². The Morgan fingerprint density at radius 2 is 1.97 bits per heavy atom. The second kappa shape index (κ2) is 8.92. The van der Waals surface area contributed by atoms with Crippen LogP contribution in [0.25, 0.3) is 10.2 Å². The molecule has 0 saturated heterocycles. The van der Waals surface area contributed by atoms with E-state index in [-0.39, 0.29) is 17.6 Å². The lowest BCUT2D eigenvalue weighted by molar-refractivity contribution is -0.113. The van der Waals surface area contributed by atoms with Gasteiger partial charge in [-0.2, -0.15) is 0 Å². The second-order valence-corrected chi connectivity index (χ2v) is 8.75. The van der Waals surface area contributed by atoms with E-state index in [1.807, 2.05) is 0 Å². The van der Waals surface area contributed by atoms with Crippen molar-refractivity contribution in [2.24, 2.45) is 0 Å². The van der Waals surface area contributed by atoms with Crippen molar-refractivity contribution in [3.63, 3.8) is 0 Å². The molecule has 0 unspecified atom stereocenters. The summed E-state index contributed by atoms with van der Waals surface area (Å²) in [5.41, 5.74) is 2.48. The van der Waals surface area contributed by atoms with Crippen LogP contribution in [0.15, 0.2) is 35.6 Å². The first-order valence-corrected chi connectivity index (χ1v) is 11.4. The highest BCUT2D eigenvalue weighted by Crippen LogP contribution is 2.39.